The summed E-state index contributed by atoms with van der Waals surface area (Å²) in [6.07, 6.45) is 1.61. The standard InChI is InChI=1S/C6H5NO2.Cr/c8-6(9)7-4-2-1-3-5-7;/h1-5H;. The predicted molar refractivity (Wildman–Crippen MR) is 27.4 cm³/mol. The molecule has 0 bridgehead atoms. The van der Waals surface area contributed by atoms with Crippen molar-refractivity contribution in [3.8, 4) is 0 Å². The van der Waals surface area contributed by atoms with Crippen LogP contribution in [-0.4, -0.2) is 6.09 Å². The van der Waals surface area contributed by atoms with E-state index in [9.17, 15) is 9.90 Å². The van der Waals surface area contributed by atoms with E-state index in [0.717, 1.165) is 4.57 Å². The van der Waals surface area contributed by atoms with E-state index in [4.69, 9.17) is 0 Å². The summed E-state index contributed by atoms with van der Waals surface area (Å²) in [6, 6.07) is 4.98. The van der Waals surface area contributed by atoms with E-state index in [1.165, 1.54) is 12.4 Å². The molecule has 0 spiro atoms. The van der Waals surface area contributed by atoms with Gasteiger partial charge in [-0.15, -0.1) is 0 Å². The first kappa shape index (κ1) is 9.15. The van der Waals surface area contributed by atoms with Gasteiger partial charge in [0.1, 0.15) is 0 Å². The normalized spacial score (nSPS) is 8.00. The number of nitrogens with zero attached hydrogens (tertiary/aromatic N) is 1. The third-order valence-electron chi connectivity index (χ3n) is 0.926. The Balaban J connectivity index is 0.000000810. The van der Waals surface area contributed by atoms with Gasteiger partial charge in [-0.2, -0.15) is 4.57 Å². The fourth-order valence-corrected chi connectivity index (χ4v) is 0.520. The van der Waals surface area contributed by atoms with E-state index >= 15 is 0 Å². The third kappa shape index (κ3) is 2.18. The zero-order chi connectivity index (χ0) is 6.69. The minimum atomic E-state index is -1.21. The van der Waals surface area contributed by atoms with Crippen LogP contribution in [0.2, 0.25) is 0 Å². The van der Waals surface area contributed by atoms with Crippen molar-refractivity contribution in [3.63, 3.8) is 0 Å². The number of carbonyl (C=O) groups is 1. The minimum Gasteiger partial charge on any atom is -0.490 e. The summed E-state index contributed by atoms with van der Waals surface area (Å²) >= 11 is 0. The van der Waals surface area contributed by atoms with Crippen molar-refractivity contribution >= 4 is 6.09 Å². The summed E-state index contributed by atoms with van der Waals surface area (Å²) in [5, 5.41) is 10.1. The van der Waals surface area contributed by atoms with Gasteiger partial charge in [-0.3, -0.25) is 0 Å². The van der Waals surface area contributed by atoms with Gasteiger partial charge in [0.05, 0.1) is 0 Å². The van der Waals surface area contributed by atoms with Crippen LogP contribution in [0.5, 0.6) is 0 Å². The molecule has 0 N–H and O–H groups in total. The Kier molecular flexibility index (Phi) is 3.70. The molecule has 0 aliphatic rings. The predicted octanol–water partition coefficient (Wildman–Crippen LogP) is -0.837. The average Bonchev–Trinajstić information content (AvgIpc) is 1.90. The molecule has 0 saturated heterocycles. The van der Waals surface area contributed by atoms with Crippen molar-refractivity contribution in [2.45, 2.75) is 0 Å². The van der Waals surface area contributed by atoms with Crippen LogP contribution in [0, 0.1) is 0 Å². The van der Waals surface area contributed by atoms with E-state index in [1.54, 1.807) is 18.2 Å². The van der Waals surface area contributed by atoms with Crippen molar-refractivity contribution in [2.75, 3.05) is 0 Å². The quantitative estimate of drug-likeness (QED) is 0.483. The van der Waals surface area contributed by atoms with Crippen LogP contribution in [0.3, 0.4) is 0 Å². The van der Waals surface area contributed by atoms with Crippen molar-refractivity contribution in [1.29, 1.82) is 0 Å². The molecule has 1 rings (SSSR count). The summed E-state index contributed by atoms with van der Waals surface area (Å²) < 4.78 is 0.972. The Labute approximate surface area is 69.1 Å². The molecule has 0 radical (unpaired) electrons. The monoisotopic (exact) mass is 175 g/mol. The molecule has 0 amide bonds. The zero-order valence-electron chi connectivity index (χ0n) is 5.06. The second-order valence-electron chi connectivity index (χ2n) is 1.55. The number of carboxylic acid groups (broad SMARTS) is 1. The number of pyridine rings is 1. The van der Waals surface area contributed by atoms with Crippen molar-refractivity contribution in [3.05, 3.63) is 30.6 Å². The molecule has 4 heteroatoms. The SMILES string of the molecule is O=C([O-])[n+]1ccccc1.[Cr]. The molecule has 0 fully saturated rings. The van der Waals surface area contributed by atoms with Crippen LogP contribution < -0.4 is 9.67 Å². The molecular formula is C6H5CrNO2. The second kappa shape index (κ2) is 4.05. The molecule has 0 aliphatic heterocycles. The smallest absolute Gasteiger partial charge is 0.343 e. The van der Waals surface area contributed by atoms with Crippen LogP contribution in [0.15, 0.2) is 30.6 Å². The van der Waals surface area contributed by atoms with Gasteiger partial charge in [-0.25, -0.2) is 0 Å². The summed E-state index contributed by atoms with van der Waals surface area (Å²) in [4.78, 5) is 10.1. The Morgan fingerprint density at radius 2 is 1.70 bits per heavy atom. The average molecular weight is 175 g/mol. The molecule has 0 unspecified atom stereocenters. The maximum absolute atomic E-state index is 10.1. The van der Waals surface area contributed by atoms with Crippen LogP contribution in [0.4, 0.5) is 4.79 Å². The Bertz CT molecular complexity index is 212. The van der Waals surface area contributed by atoms with Crippen LogP contribution >= 0.6 is 0 Å². The van der Waals surface area contributed by atoms with Gasteiger partial charge in [0.2, 0.25) is 0 Å². The molecule has 0 atom stereocenters. The van der Waals surface area contributed by atoms with Gasteiger partial charge >= 0.3 is 6.09 Å². The summed E-state index contributed by atoms with van der Waals surface area (Å²) in [5.41, 5.74) is 0. The molecule has 52 valence electrons. The molecular weight excluding hydrogens is 170 g/mol. The molecule has 0 aromatic carbocycles. The minimum absolute atomic E-state index is 0. The largest absolute Gasteiger partial charge is 0.490 e. The fraction of sp³-hybridized carbons (Fsp3) is 0. The maximum Gasteiger partial charge on any atom is 0.343 e. The number of hydrogen-bond donors (Lipinski definition) is 0. The van der Waals surface area contributed by atoms with Crippen LogP contribution in [0.1, 0.15) is 0 Å². The molecule has 3 nitrogen and oxygen atoms in total. The Morgan fingerprint density at radius 1 is 1.20 bits per heavy atom. The summed E-state index contributed by atoms with van der Waals surface area (Å²) in [6.45, 7) is 0. The van der Waals surface area contributed by atoms with Gasteiger partial charge in [-0.05, 0) is 0 Å². The van der Waals surface area contributed by atoms with E-state index in [0.29, 0.717) is 0 Å². The van der Waals surface area contributed by atoms with Gasteiger partial charge in [-0.1, -0.05) is 6.07 Å². The Hall–Kier alpha value is -0.848. The third-order valence-corrected chi connectivity index (χ3v) is 0.926. The number of hydrogen-bond acceptors (Lipinski definition) is 2. The maximum atomic E-state index is 10.1. The molecule has 0 saturated carbocycles. The van der Waals surface area contributed by atoms with Crippen molar-refractivity contribution in [2.24, 2.45) is 0 Å². The van der Waals surface area contributed by atoms with E-state index in [1.807, 2.05) is 0 Å². The number of carbonyl (C=O) groups excluding carboxylic acids is 1. The molecule has 0 aliphatic carbocycles. The first-order valence-electron chi connectivity index (χ1n) is 2.48. The van der Waals surface area contributed by atoms with Gasteiger partial charge in [0, 0.05) is 29.5 Å². The van der Waals surface area contributed by atoms with E-state index in [-0.39, 0.29) is 17.4 Å². The first-order chi connectivity index (χ1) is 4.30. The number of rotatable bonds is 0. The fourth-order valence-electron chi connectivity index (χ4n) is 0.520. The zero-order valence-corrected chi connectivity index (χ0v) is 6.33. The summed E-state index contributed by atoms with van der Waals surface area (Å²) in [7, 11) is 0. The van der Waals surface area contributed by atoms with Crippen molar-refractivity contribution < 1.29 is 31.8 Å². The topological polar surface area (TPSA) is 44.0 Å². The van der Waals surface area contributed by atoms with Crippen LogP contribution in [0.25, 0.3) is 0 Å². The number of aromatic nitrogens is 1. The summed E-state index contributed by atoms with van der Waals surface area (Å²) in [5.74, 6) is 0. The van der Waals surface area contributed by atoms with Crippen LogP contribution in [-0.2, 0) is 17.4 Å². The molecule has 10 heavy (non-hydrogen) atoms. The van der Waals surface area contributed by atoms with Gasteiger partial charge in [0.25, 0.3) is 0 Å². The molecule has 1 aromatic heterocycles. The molecule has 1 aromatic rings. The molecule has 1 heterocycles. The van der Waals surface area contributed by atoms with E-state index in [2.05, 4.69) is 0 Å². The first-order valence-corrected chi connectivity index (χ1v) is 2.48. The van der Waals surface area contributed by atoms with Gasteiger partial charge < -0.3 is 9.90 Å². The van der Waals surface area contributed by atoms with Crippen molar-refractivity contribution in [1.82, 2.24) is 0 Å². The Morgan fingerprint density at radius 3 is 2.00 bits per heavy atom. The van der Waals surface area contributed by atoms with Gasteiger partial charge in [0.15, 0.2) is 12.4 Å². The van der Waals surface area contributed by atoms with E-state index < -0.39 is 6.09 Å². The second-order valence-corrected chi connectivity index (χ2v) is 1.55.